The van der Waals surface area contributed by atoms with Crippen LogP contribution < -0.4 is 0 Å². The molecule has 4 heteroatoms. The van der Waals surface area contributed by atoms with Crippen molar-refractivity contribution >= 4 is 16.7 Å². The lowest BCUT2D eigenvalue weighted by atomic mass is 9.81. The summed E-state index contributed by atoms with van der Waals surface area (Å²) in [6.45, 7) is 13.1. The van der Waals surface area contributed by atoms with E-state index in [0.717, 1.165) is 51.3 Å². The maximum atomic E-state index is 12.5. The molecule has 0 radical (unpaired) electrons. The van der Waals surface area contributed by atoms with Crippen LogP contribution in [0.1, 0.15) is 91.3 Å². The summed E-state index contributed by atoms with van der Waals surface area (Å²) in [5, 5.41) is 1.36. The number of allylic oxidation sites excluding steroid dienone is 1. The molecule has 1 saturated heterocycles. The van der Waals surface area contributed by atoms with Gasteiger partial charge in [0.05, 0.1) is 18.9 Å². The average Bonchev–Trinajstić information content (AvgIpc) is 3.63. The number of aromatic nitrogens is 1. The van der Waals surface area contributed by atoms with Crippen molar-refractivity contribution in [1.82, 2.24) is 9.47 Å². The molecule has 3 heterocycles. The molecule has 1 aromatic heterocycles. The van der Waals surface area contributed by atoms with E-state index in [2.05, 4.69) is 52.8 Å². The molecule has 4 nitrogen and oxygen atoms in total. The Labute approximate surface area is 226 Å². The number of rotatable bonds is 5. The Morgan fingerprint density at radius 1 is 1.08 bits per heavy atom. The van der Waals surface area contributed by atoms with Crippen LogP contribution in [0.3, 0.4) is 0 Å². The highest BCUT2D eigenvalue weighted by Gasteiger charge is 2.60. The number of hydrogen-bond donors (Lipinski definition) is 0. The summed E-state index contributed by atoms with van der Waals surface area (Å²) in [7, 11) is 0. The Bertz CT molecular complexity index is 1440. The quantitative estimate of drug-likeness (QED) is 0.336. The van der Waals surface area contributed by atoms with Gasteiger partial charge in [0.25, 0.3) is 0 Å². The zero-order chi connectivity index (χ0) is 26.0. The summed E-state index contributed by atoms with van der Waals surface area (Å²) in [5.74, 6) is 1.21. The third-order valence-corrected chi connectivity index (χ3v) is 10.2. The van der Waals surface area contributed by atoms with Gasteiger partial charge in [-0.25, -0.2) is 0 Å². The molecule has 0 bridgehead atoms. The van der Waals surface area contributed by atoms with Gasteiger partial charge in [-0.05, 0) is 67.2 Å². The molecule has 4 aliphatic rings. The summed E-state index contributed by atoms with van der Waals surface area (Å²) in [6.07, 6.45) is 8.69. The predicted octanol–water partition coefficient (Wildman–Crippen LogP) is 7.45. The molecular weight excluding hydrogens is 468 g/mol. The topological polar surface area (TPSA) is 34.5 Å². The van der Waals surface area contributed by atoms with Crippen molar-refractivity contribution in [3.05, 3.63) is 70.9 Å². The largest absolute Gasteiger partial charge is 0.378 e. The highest BCUT2D eigenvalue weighted by Crippen LogP contribution is 2.68. The SMILES string of the molecule is C=C(N1CCOCC1)C12CC1c1cc(CC)ccc1-c1c(C3CCCCC3)c3ccc(C(C)=O)cc3n1C2. The number of ketones is 1. The fourth-order valence-corrected chi connectivity index (χ4v) is 7.92. The zero-order valence-corrected chi connectivity index (χ0v) is 23.0. The van der Waals surface area contributed by atoms with E-state index in [0.29, 0.717) is 11.8 Å². The van der Waals surface area contributed by atoms with Gasteiger partial charge in [-0.15, -0.1) is 0 Å². The Morgan fingerprint density at radius 3 is 2.61 bits per heavy atom. The van der Waals surface area contributed by atoms with E-state index in [1.165, 1.54) is 76.7 Å². The van der Waals surface area contributed by atoms with Crippen molar-refractivity contribution in [1.29, 1.82) is 0 Å². The summed E-state index contributed by atoms with van der Waals surface area (Å²) in [4.78, 5) is 15.0. The fraction of sp³-hybridized carbons (Fsp3) is 0.500. The van der Waals surface area contributed by atoms with Gasteiger partial charge in [0, 0.05) is 52.8 Å². The van der Waals surface area contributed by atoms with Crippen LogP contribution in [-0.2, 0) is 17.7 Å². The minimum atomic E-state index is 0.0196. The van der Waals surface area contributed by atoms with Gasteiger partial charge in [0.1, 0.15) is 0 Å². The molecule has 198 valence electrons. The zero-order valence-electron chi connectivity index (χ0n) is 23.0. The van der Waals surface area contributed by atoms with E-state index in [1.54, 1.807) is 6.92 Å². The van der Waals surface area contributed by atoms with Gasteiger partial charge >= 0.3 is 0 Å². The minimum absolute atomic E-state index is 0.0196. The molecule has 2 aromatic carbocycles. The van der Waals surface area contributed by atoms with E-state index in [9.17, 15) is 4.79 Å². The van der Waals surface area contributed by atoms with E-state index in [-0.39, 0.29) is 11.2 Å². The van der Waals surface area contributed by atoms with Crippen molar-refractivity contribution < 1.29 is 9.53 Å². The molecule has 2 aliphatic carbocycles. The Hall–Kier alpha value is -2.85. The minimum Gasteiger partial charge on any atom is -0.378 e. The maximum absolute atomic E-state index is 12.5. The number of ether oxygens (including phenoxy) is 1. The number of aryl methyl sites for hydroxylation is 1. The van der Waals surface area contributed by atoms with E-state index in [4.69, 9.17) is 11.3 Å². The van der Waals surface area contributed by atoms with E-state index in [1.807, 2.05) is 0 Å². The predicted molar refractivity (Wildman–Crippen MR) is 154 cm³/mol. The van der Waals surface area contributed by atoms with Crippen molar-refractivity contribution in [3.63, 3.8) is 0 Å². The second-order valence-electron chi connectivity index (χ2n) is 12.2. The Morgan fingerprint density at radius 2 is 1.87 bits per heavy atom. The maximum Gasteiger partial charge on any atom is 0.159 e. The molecule has 2 saturated carbocycles. The Kier molecular flexibility index (Phi) is 5.81. The van der Waals surface area contributed by atoms with Crippen LogP contribution in [-0.4, -0.2) is 41.6 Å². The smallest absolute Gasteiger partial charge is 0.159 e. The molecule has 3 aromatic rings. The number of carbonyl (C=O) groups excluding carboxylic acids is 1. The van der Waals surface area contributed by atoms with E-state index < -0.39 is 0 Å². The number of Topliss-reactive ketones (excluding diaryl/α,β-unsaturated/α-hetero) is 1. The first kappa shape index (κ1) is 24.2. The number of hydrogen-bond acceptors (Lipinski definition) is 3. The molecule has 3 fully saturated rings. The van der Waals surface area contributed by atoms with Crippen molar-refractivity contribution in [2.45, 2.75) is 77.2 Å². The van der Waals surface area contributed by atoms with Gasteiger partial charge in [-0.2, -0.15) is 0 Å². The average molecular weight is 509 g/mol. The highest BCUT2D eigenvalue weighted by molar-refractivity contribution is 6.01. The number of fused-ring (bicyclic) bond motifs is 7. The van der Waals surface area contributed by atoms with Crippen LogP contribution in [0.4, 0.5) is 0 Å². The summed E-state index contributed by atoms with van der Waals surface area (Å²) in [5.41, 5.74) is 10.7. The van der Waals surface area contributed by atoms with Crippen molar-refractivity contribution in [2.75, 3.05) is 26.3 Å². The third kappa shape index (κ3) is 3.63. The van der Waals surface area contributed by atoms with Crippen LogP contribution >= 0.6 is 0 Å². The van der Waals surface area contributed by atoms with Crippen molar-refractivity contribution in [3.8, 4) is 11.3 Å². The van der Waals surface area contributed by atoms with Crippen molar-refractivity contribution in [2.24, 2.45) is 5.41 Å². The Balaban J connectivity index is 1.49. The number of nitrogens with zero attached hydrogens (tertiary/aromatic N) is 2. The molecular formula is C34H40N2O2. The molecule has 7 rings (SSSR count). The van der Waals surface area contributed by atoms with Crippen LogP contribution in [0.25, 0.3) is 22.2 Å². The van der Waals surface area contributed by atoms with Crippen LogP contribution in [0.2, 0.25) is 0 Å². The lowest BCUT2D eigenvalue weighted by molar-refractivity contribution is 0.0465. The lowest BCUT2D eigenvalue weighted by Crippen LogP contribution is -2.39. The lowest BCUT2D eigenvalue weighted by Gasteiger charge is -2.35. The molecule has 38 heavy (non-hydrogen) atoms. The first-order valence-electron chi connectivity index (χ1n) is 14.8. The van der Waals surface area contributed by atoms with Gasteiger partial charge in [0.15, 0.2) is 5.78 Å². The second-order valence-corrected chi connectivity index (χ2v) is 12.2. The van der Waals surface area contributed by atoms with Gasteiger partial charge in [-0.3, -0.25) is 4.79 Å². The first-order chi connectivity index (χ1) is 18.5. The number of benzene rings is 2. The normalized spacial score (nSPS) is 24.9. The number of morpholine rings is 1. The number of carbonyl (C=O) groups is 1. The van der Waals surface area contributed by atoms with Gasteiger partial charge in [0.2, 0.25) is 0 Å². The summed E-state index contributed by atoms with van der Waals surface area (Å²) < 4.78 is 8.31. The second kappa shape index (κ2) is 9.12. The monoisotopic (exact) mass is 508 g/mol. The van der Waals surface area contributed by atoms with Crippen LogP contribution in [0.5, 0.6) is 0 Å². The van der Waals surface area contributed by atoms with Crippen LogP contribution in [0, 0.1) is 5.41 Å². The molecule has 0 spiro atoms. The molecule has 2 unspecified atom stereocenters. The highest BCUT2D eigenvalue weighted by atomic mass is 16.5. The summed E-state index contributed by atoms with van der Waals surface area (Å²) >= 11 is 0. The molecule has 2 atom stereocenters. The molecule has 0 N–H and O–H groups in total. The third-order valence-electron chi connectivity index (χ3n) is 10.2. The fourth-order valence-electron chi connectivity index (χ4n) is 7.92. The van der Waals surface area contributed by atoms with Crippen LogP contribution in [0.15, 0.2) is 48.7 Å². The molecule has 2 aliphatic heterocycles. The molecule has 0 amide bonds. The first-order valence-corrected chi connectivity index (χ1v) is 14.8. The van der Waals surface area contributed by atoms with Gasteiger partial charge in [-0.1, -0.05) is 63.1 Å². The standard InChI is InChI=1S/C34H40N2O2/c1-4-24-10-12-27-29(18-24)30-20-34(30,23(3)35-14-16-38-17-15-35)21-36-31-19-26(22(2)37)11-13-28(31)32(33(27)36)25-8-6-5-7-9-25/h10-13,18-19,25,30H,3-9,14-17,20-21H2,1-2H3. The summed E-state index contributed by atoms with van der Waals surface area (Å²) in [6, 6.07) is 13.8. The van der Waals surface area contributed by atoms with Gasteiger partial charge < -0.3 is 14.2 Å². The van der Waals surface area contributed by atoms with E-state index >= 15 is 0 Å².